The van der Waals surface area contributed by atoms with Gasteiger partial charge in [-0.25, -0.2) is 4.90 Å². The predicted molar refractivity (Wildman–Crippen MR) is 161 cm³/mol. The molecule has 190 valence electrons. The highest BCUT2D eigenvalue weighted by atomic mass is 31.1. The number of amides is 2. The van der Waals surface area contributed by atoms with Gasteiger partial charge in [0.1, 0.15) is 5.41 Å². The Labute approximate surface area is 230 Å². The monoisotopic (exact) mass is 525 g/mol. The van der Waals surface area contributed by atoms with Gasteiger partial charge in [0, 0.05) is 5.30 Å². The van der Waals surface area contributed by atoms with Crippen LogP contribution in [0.3, 0.4) is 0 Å². The zero-order chi connectivity index (χ0) is 26.8. The van der Waals surface area contributed by atoms with Crippen LogP contribution in [0.4, 0.5) is 5.69 Å². The van der Waals surface area contributed by atoms with Crippen molar-refractivity contribution in [2.75, 3.05) is 4.90 Å². The average Bonchev–Trinajstić information content (AvgIpc) is 3.26. The maximum absolute atomic E-state index is 14.8. The van der Waals surface area contributed by atoms with Gasteiger partial charge in [-0.05, 0) is 42.1 Å². The Morgan fingerprint density at radius 1 is 0.590 bits per heavy atom. The Balaban J connectivity index is 1.57. The number of aryl methyl sites for hydroxylation is 1. The molecular weight excluding hydrogens is 497 g/mol. The lowest BCUT2D eigenvalue weighted by Crippen LogP contribution is -2.41. The van der Waals surface area contributed by atoms with Gasteiger partial charge < -0.3 is 0 Å². The molecule has 0 aromatic heterocycles. The van der Waals surface area contributed by atoms with Gasteiger partial charge in [0.05, 0.1) is 12.1 Å². The topological polar surface area (TPSA) is 37.4 Å². The minimum absolute atomic E-state index is 0.0855. The molecule has 0 unspecified atom stereocenters. The molecule has 0 radical (unpaired) electrons. The molecule has 0 saturated carbocycles. The fourth-order valence-electron chi connectivity index (χ4n) is 5.67. The maximum Gasteiger partial charge on any atom is 0.249 e. The molecule has 1 aliphatic rings. The third kappa shape index (κ3) is 4.30. The van der Waals surface area contributed by atoms with Gasteiger partial charge in [-0.15, -0.1) is 0 Å². The Bertz CT molecular complexity index is 1540. The number of carbonyl (C=O) groups is 2. The van der Waals surface area contributed by atoms with Gasteiger partial charge in [0.25, 0.3) is 0 Å². The van der Waals surface area contributed by atoms with E-state index in [0.717, 1.165) is 22.0 Å². The molecule has 5 aromatic carbocycles. The summed E-state index contributed by atoms with van der Waals surface area (Å²) in [6, 6.07) is 46.3. The molecule has 4 heteroatoms. The van der Waals surface area contributed by atoms with Crippen molar-refractivity contribution in [3.05, 3.63) is 156 Å². The summed E-state index contributed by atoms with van der Waals surface area (Å²) in [6.45, 7) is 1.99. The lowest BCUT2D eigenvalue weighted by Gasteiger charge is -2.30. The first-order valence-corrected chi connectivity index (χ1v) is 14.4. The van der Waals surface area contributed by atoms with E-state index < -0.39 is 13.3 Å². The molecule has 0 atom stereocenters. The summed E-state index contributed by atoms with van der Waals surface area (Å²) < 4.78 is 0. The Morgan fingerprint density at radius 2 is 1.05 bits per heavy atom. The van der Waals surface area contributed by atoms with Crippen LogP contribution < -0.4 is 20.8 Å². The second kappa shape index (κ2) is 10.4. The molecule has 6 rings (SSSR count). The number of rotatable bonds is 6. The number of nitrogens with zero attached hydrogens (tertiary/aromatic N) is 1. The number of hydrogen-bond acceptors (Lipinski definition) is 2. The van der Waals surface area contributed by atoms with Crippen molar-refractivity contribution in [2.24, 2.45) is 0 Å². The van der Waals surface area contributed by atoms with Crippen molar-refractivity contribution in [1.82, 2.24) is 0 Å². The van der Waals surface area contributed by atoms with Gasteiger partial charge in [-0.2, -0.15) is 0 Å². The molecule has 0 N–H and O–H groups in total. The van der Waals surface area contributed by atoms with Crippen LogP contribution in [0.25, 0.3) is 0 Å². The summed E-state index contributed by atoms with van der Waals surface area (Å²) in [7, 11) is -1.02. The SMILES string of the molecule is Cc1cccc(P(c2ccccc2)c2ccccc2)c1N1C(=O)CC(c2ccccc2)(c2ccccc2)C1=O. The smallest absolute Gasteiger partial charge is 0.249 e. The van der Waals surface area contributed by atoms with Crippen molar-refractivity contribution < 1.29 is 9.59 Å². The molecule has 1 fully saturated rings. The molecular formula is C35H28NO2P. The van der Waals surface area contributed by atoms with E-state index in [1.54, 1.807) is 0 Å². The van der Waals surface area contributed by atoms with Gasteiger partial charge >= 0.3 is 0 Å². The molecule has 5 aromatic rings. The van der Waals surface area contributed by atoms with Gasteiger partial charge in [-0.3, -0.25) is 9.59 Å². The van der Waals surface area contributed by atoms with Crippen LogP contribution in [-0.4, -0.2) is 11.8 Å². The van der Waals surface area contributed by atoms with Crippen molar-refractivity contribution >= 4 is 41.3 Å². The van der Waals surface area contributed by atoms with Gasteiger partial charge in [0.15, 0.2) is 0 Å². The molecule has 39 heavy (non-hydrogen) atoms. The zero-order valence-electron chi connectivity index (χ0n) is 21.7. The highest BCUT2D eigenvalue weighted by molar-refractivity contribution is 7.80. The molecule has 3 nitrogen and oxygen atoms in total. The summed E-state index contributed by atoms with van der Waals surface area (Å²) in [4.78, 5) is 30.3. The molecule has 0 bridgehead atoms. The fraction of sp³-hybridized carbons (Fsp3) is 0.0857. The summed E-state index contributed by atoms with van der Waals surface area (Å²) in [5.41, 5.74) is 2.20. The second-order valence-electron chi connectivity index (χ2n) is 9.80. The molecule has 1 aliphatic heterocycles. The number of carbonyl (C=O) groups excluding carboxylic acids is 2. The average molecular weight is 526 g/mol. The van der Waals surface area contributed by atoms with E-state index in [1.807, 2.05) is 116 Å². The van der Waals surface area contributed by atoms with Crippen molar-refractivity contribution in [1.29, 1.82) is 0 Å². The van der Waals surface area contributed by atoms with Crippen molar-refractivity contribution in [2.45, 2.75) is 18.8 Å². The zero-order valence-corrected chi connectivity index (χ0v) is 22.6. The summed E-state index contributed by atoms with van der Waals surface area (Å²) in [5, 5.41) is 3.34. The summed E-state index contributed by atoms with van der Waals surface area (Å²) in [5.74, 6) is -0.379. The van der Waals surface area contributed by atoms with Gasteiger partial charge in [0.2, 0.25) is 11.8 Å². The van der Waals surface area contributed by atoms with E-state index >= 15 is 0 Å². The third-order valence-corrected chi connectivity index (χ3v) is 9.95. The first-order valence-electron chi connectivity index (χ1n) is 13.1. The highest BCUT2D eigenvalue weighted by Gasteiger charge is 2.55. The second-order valence-corrected chi connectivity index (χ2v) is 12.0. The maximum atomic E-state index is 14.8. The summed E-state index contributed by atoms with van der Waals surface area (Å²) in [6.07, 6.45) is 0.0855. The number of benzene rings is 5. The predicted octanol–water partition coefficient (Wildman–Crippen LogP) is 6.00. The standard InChI is InChI=1S/C35H28NO2P/c1-26-15-14-24-31(39(29-20-10-4-11-21-29)30-22-12-5-13-23-30)33(26)36-32(37)25-35(34(36)38,27-16-6-2-7-17-27)28-18-8-3-9-19-28/h2-24H,25H2,1H3. The van der Waals surface area contributed by atoms with Crippen molar-refractivity contribution in [3.63, 3.8) is 0 Å². The van der Waals surface area contributed by atoms with Crippen LogP contribution >= 0.6 is 7.92 Å². The van der Waals surface area contributed by atoms with E-state index in [4.69, 9.17) is 0 Å². The van der Waals surface area contributed by atoms with E-state index in [9.17, 15) is 9.59 Å². The minimum Gasteiger partial charge on any atom is -0.274 e. The number of para-hydroxylation sites is 1. The Morgan fingerprint density at radius 3 is 1.54 bits per heavy atom. The normalized spacial score (nSPS) is 14.7. The van der Waals surface area contributed by atoms with E-state index in [1.165, 1.54) is 15.5 Å². The van der Waals surface area contributed by atoms with Gasteiger partial charge in [-0.1, -0.05) is 140 Å². The molecule has 0 aliphatic carbocycles. The van der Waals surface area contributed by atoms with Crippen molar-refractivity contribution in [3.8, 4) is 0 Å². The molecule has 0 spiro atoms. The van der Waals surface area contributed by atoms with E-state index in [2.05, 4.69) is 30.3 Å². The molecule has 1 heterocycles. The lowest BCUT2D eigenvalue weighted by molar-refractivity contribution is -0.122. The fourth-order valence-corrected chi connectivity index (χ4v) is 8.19. The van der Waals surface area contributed by atoms with Crippen LogP contribution in [-0.2, 0) is 15.0 Å². The van der Waals surface area contributed by atoms with Crippen LogP contribution in [0.1, 0.15) is 23.1 Å². The summed E-state index contributed by atoms with van der Waals surface area (Å²) >= 11 is 0. The highest BCUT2D eigenvalue weighted by Crippen LogP contribution is 2.46. The first kappa shape index (κ1) is 25.0. The first-order chi connectivity index (χ1) is 19.1. The van der Waals surface area contributed by atoms with Crippen LogP contribution in [0, 0.1) is 6.92 Å². The third-order valence-electron chi connectivity index (χ3n) is 7.48. The van der Waals surface area contributed by atoms with Crippen LogP contribution in [0.2, 0.25) is 0 Å². The Kier molecular flexibility index (Phi) is 6.69. The number of anilines is 1. The van der Waals surface area contributed by atoms with E-state index in [-0.39, 0.29) is 18.2 Å². The van der Waals surface area contributed by atoms with Crippen LogP contribution in [0.15, 0.2) is 140 Å². The quantitative estimate of drug-likeness (QED) is 0.201. The minimum atomic E-state index is -1.08. The van der Waals surface area contributed by atoms with E-state index in [0.29, 0.717) is 5.69 Å². The Hall–Kier alpha value is -4.33. The largest absolute Gasteiger partial charge is 0.274 e. The van der Waals surface area contributed by atoms with Crippen LogP contribution in [0.5, 0.6) is 0 Å². The molecule has 2 amide bonds. The molecule has 1 saturated heterocycles. The number of hydrogen-bond donors (Lipinski definition) is 0. The lowest BCUT2D eigenvalue weighted by atomic mass is 9.73. The number of imide groups is 1.